The van der Waals surface area contributed by atoms with Gasteiger partial charge in [-0.05, 0) is 48.3 Å². The number of hydrogen-bond donors (Lipinski definition) is 0. The van der Waals surface area contributed by atoms with Crippen molar-refractivity contribution in [2.24, 2.45) is 0 Å². The molecule has 1 radical (unpaired) electrons. The van der Waals surface area contributed by atoms with Gasteiger partial charge in [0.25, 0.3) is 0 Å². The van der Waals surface area contributed by atoms with Crippen LogP contribution in [-0.2, 0) is 12.8 Å². The van der Waals surface area contributed by atoms with Crippen molar-refractivity contribution in [3.8, 4) is 0 Å². The average molecular weight is 484 g/mol. The number of unbranched alkanes of at least 4 members (excludes halogenated alkanes) is 20. The standard InChI is InChI=1S/C35H63/c1-5-7-9-11-13-15-17-18-20-22-24-26-30-35-33(29-27-31-34(35)32(3)4)28-25-23-21-19-16-14-12-10-8-6-2/h27,29,31H,5-26,28,30H2,1-4H3. The number of hydrogen-bond acceptors (Lipinski definition) is 0. The third-order valence-corrected chi connectivity index (χ3v) is 7.89. The highest BCUT2D eigenvalue weighted by Crippen LogP contribution is 2.26. The highest BCUT2D eigenvalue weighted by Gasteiger charge is 2.11. The van der Waals surface area contributed by atoms with E-state index in [1.165, 1.54) is 166 Å². The molecule has 0 nitrogen and oxygen atoms in total. The van der Waals surface area contributed by atoms with Gasteiger partial charge in [0, 0.05) is 0 Å². The summed E-state index contributed by atoms with van der Waals surface area (Å²) in [6, 6.07) is 7.10. The molecule has 0 saturated heterocycles. The predicted octanol–water partition coefficient (Wildman–Crippen LogP) is 12.4. The van der Waals surface area contributed by atoms with Crippen molar-refractivity contribution in [2.45, 2.75) is 182 Å². The van der Waals surface area contributed by atoms with Crippen molar-refractivity contribution in [3.63, 3.8) is 0 Å². The zero-order valence-electron chi connectivity index (χ0n) is 24.7. The molecule has 0 N–H and O–H groups in total. The van der Waals surface area contributed by atoms with Crippen molar-refractivity contribution in [1.82, 2.24) is 0 Å². The van der Waals surface area contributed by atoms with Crippen molar-refractivity contribution >= 4 is 0 Å². The Hall–Kier alpha value is -0.780. The van der Waals surface area contributed by atoms with Crippen molar-refractivity contribution in [2.75, 3.05) is 0 Å². The summed E-state index contributed by atoms with van der Waals surface area (Å²) >= 11 is 0. The third-order valence-electron chi connectivity index (χ3n) is 7.89. The van der Waals surface area contributed by atoms with E-state index in [2.05, 4.69) is 45.9 Å². The van der Waals surface area contributed by atoms with Gasteiger partial charge in [-0.25, -0.2) is 0 Å². The predicted molar refractivity (Wildman–Crippen MR) is 160 cm³/mol. The molecule has 0 bridgehead atoms. The van der Waals surface area contributed by atoms with Crippen LogP contribution in [0.15, 0.2) is 18.2 Å². The Morgan fingerprint density at radius 2 is 0.829 bits per heavy atom. The molecule has 0 spiro atoms. The molecule has 0 aliphatic heterocycles. The lowest BCUT2D eigenvalue weighted by molar-refractivity contribution is 0.543. The monoisotopic (exact) mass is 483 g/mol. The lowest BCUT2D eigenvalue weighted by atomic mass is 9.88. The highest BCUT2D eigenvalue weighted by molar-refractivity contribution is 5.42. The summed E-state index contributed by atoms with van der Waals surface area (Å²) in [6.45, 7) is 9.20. The van der Waals surface area contributed by atoms with Crippen LogP contribution in [0.1, 0.15) is 186 Å². The molecule has 1 aromatic rings. The first kappa shape index (κ1) is 32.2. The summed E-state index contributed by atoms with van der Waals surface area (Å²) in [5.74, 6) is 1.49. The quantitative estimate of drug-likeness (QED) is 0.121. The molecular formula is C35H63. The molecule has 0 aliphatic rings. The maximum atomic E-state index is 2.43. The van der Waals surface area contributed by atoms with Crippen molar-refractivity contribution in [3.05, 3.63) is 40.8 Å². The van der Waals surface area contributed by atoms with E-state index in [9.17, 15) is 0 Å². The van der Waals surface area contributed by atoms with Crippen molar-refractivity contribution in [1.29, 1.82) is 0 Å². The lowest BCUT2D eigenvalue weighted by Crippen LogP contribution is -2.03. The number of benzene rings is 1. The topological polar surface area (TPSA) is 0 Å². The fourth-order valence-corrected chi connectivity index (χ4v) is 5.58. The van der Waals surface area contributed by atoms with Gasteiger partial charge in [-0.15, -0.1) is 0 Å². The molecule has 0 heterocycles. The molecule has 1 rings (SSSR count). The van der Waals surface area contributed by atoms with E-state index in [1.54, 1.807) is 11.1 Å². The molecule has 0 amide bonds. The molecule has 35 heavy (non-hydrogen) atoms. The second kappa shape index (κ2) is 23.6. The van der Waals surface area contributed by atoms with Crippen LogP contribution in [-0.4, -0.2) is 0 Å². The highest BCUT2D eigenvalue weighted by atomic mass is 14.2. The van der Waals surface area contributed by atoms with Crippen LogP contribution < -0.4 is 0 Å². The van der Waals surface area contributed by atoms with Crippen LogP contribution in [0.3, 0.4) is 0 Å². The molecule has 203 valence electrons. The maximum absolute atomic E-state index is 2.43. The van der Waals surface area contributed by atoms with E-state index in [1.807, 2.05) is 0 Å². The SMILES string of the molecule is CCCCCCCCCCCCCCc1c(CCCCCCCCCCCC)cccc1[C](C)C. The van der Waals surface area contributed by atoms with Gasteiger partial charge in [0.1, 0.15) is 0 Å². The molecule has 0 fully saturated rings. The summed E-state index contributed by atoms with van der Waals surface area (Å²) in [5.41, 5.74) is 4.86. The maximum Gasteiger partial charge on any atom is -0.000912 e. The van der Waals surface area contributed by atoms with Crippen molar-refractivity contribution < 1.29 is 0 Å². The first-order valence-corrected chi connectivity index (χ1v) is 16.1. The number of aryl methyl sites for hydroxylation is 1. The summed E-state index contributed by atoms with van der Waals surface area (Å²) in [5, 5.41) is 0. The van der Waals surface area contributed by atoms with E-state index in [4.69, 9.17) is 0 Å². The van der Waals surface area contributed by atoms with Gasteiger partial charge in [0.15, 0.2) is 0 Å². The molecule has 0 aliphatic carbocycles. The zero-order chi connectivity index (χ0) is 25.4. The van der Waals surface area contributed by atoms with Gasteiger partial charge in [0.2, 0.25) is 0 Å². The molecular weight excluding hydrogens is 420 g/mol. The minimum atomic E-state index is 1.28. The van der Waals surface area contributed by atoms with Gasteiger partial charge >= 0.3 is 0 Å². The van der Waals surface area contributed by atoms with Crippen LogP contribution >= 0.6 is 0 Å². The summed E-state index contributed by atoms with van der Waals surface area (Å²) in [6.07, 6.45) is 34.0. The van der Waals surface area contributed by atoms with E-state index in [0.717, 1.165) is 0 Å². The molecule has 1 aromatic carbocycles. The van der Waals surface area contributed by atoms with Crippen LogP contribution in [0.4, 0.5) is 0 Å². The van der Waals surface area contributed by atoms with Gasteiger partial charge in [-0.2, -0.15) is 0 Å². The minimum absolute atomic E-state index is 1.28. The number of rotatable bonds is 25. The van der Waals surface area contributed by atoms with Gasteiger partial charge in [0.05, 0.1) is 0 Å². The van der Waals surface area contributed by atoms with Crippen LogP contribution in [0.25, 0.3) is 0 Å². The second-order valence-electron chi connectivity index (χ2n) is 11.5. The fraction of sp³-hybridized carbons (Fsp3) is 0.800. The van der Waals surface area contributed by atoms with Gasteiger partial charge in [-0.3, -0.25) is 0 Å². The first-order chi connectivity index (χ1) is 17.2. The Kier molecular flexibility index (Phi) is 21.8. The van der Waals surface area contributed by atoms with Crippen LogP contribution in [0.2, 0.25) is 0 Å². The fourth-order valence-electron chi connectivity index (χ4n) is 5.58. The molecule has 0 heteroatoms. The zero-order valence-corrected chi connectivity index (χ0v) is 24.7. The van der Waals surface area contributed by atoms with Gasteiger partial charge in [-0.1, -0.05) is 174 Å². The largest absolute Gasteiger partial charge is 0.0654 e. The lowest BCUT2D eigenvalue weighted by Gasteiger charge is -2.17. The minimum Gasteiger partial charge on any atom is -0.0654 e. The molecule has 0 saturated carbocycles. The molecule has 0 unspecified atom stereocenters. The summed E-state index contributed by atoms with van der Waals surface area (Å²) in [7, 11) is 0. The van der Waals surface area contributed by atoms with E-state index >= 15 is 0 Å². The smallest absolute Gasteiger partial charge is 0.000912 e. The first-order valence-electron chi connectivity index (χ1n) is 16.1. The second-order valence-corrected chi connectivity index (χ2v) is 11.5. The molecule has 0 atom stereocenters. The molecule has 0 aromatic heterocycles. The van der Waals surface area contributed by atoms with Gasteiger partial charge < -0.3 is 0 Å². The average Bonchev–Trinajstić information content (AvgIpc) is 2.86. The van der Waals surface area contributed by atoms with Crippen LogP contribution in [0.5, 0.6) is 0 Å². The van der Waals surface area contributed by atoms with Crippen LogP contribution in [0, 0.1) is 5.92 Å². The normalized spacial score (nSPS) is 11.6. The van der Waals surface area contributed by atoms with E-state index < -0.39 is 0 Å². The van der Waals surface area contributed by atoms with E-state index in [-0.39, 0.29) is 0 Å². The third kappa shape index (κ3) is 17.3. The Bertz CT molecular complexity index is 569. The Morgan fingerprint density at radius 1 is 0.457 bits per heavy atom. The summed E-state index contributed by atoms with van der Waals surface area (Å²) < 4.78 is 0. The Morgan fingerprint density at radius 3 is 1.23 bits per heavy atom. The Balaban J connectivity index is 2.23. The Labute approximate surface area is 222 Å². The van der Waals surface area contributed by atoms with E-state index in [0.29, 0.717) is 0 Å². The summed E-state index contributed by atoms with van der Waals surface area (Å²) in [4.78, 5) is 0.